The van der Waals surface area contributed by atoms with Crippen LogP contribution in [0.3, 0.4) is 0 Å². The third-order valence-electron chi connectivity index (χ3n) is 4.46. The first-order chi connectivity index (χ1) is 12.9. The lowest BCUT2D eigenvalue weighted by atomic mass is 10.1. The molecule has 0 saturated carbocycles. The molecule has 2 aromatic rings. The predicted molar refractivity (Wildman–Crippen MR) is 95.9 cm³/mol. The topological polar surface area (TPSA) is 41.6 Å². The van der Waals surface area contributed by atoms with Crippen LogP contribution in [0.1, 0.15) is 23.2 Å². The Hall–Kier alpha value is -2.54. The molecule has 0 bridgehead atoms. The lowest BCUT2D eigenvalue weighted by molar-refractivity contribution is -0.137. The average Bonchev–Trinajstić information content (AvgIpc) is 3.16. The van der Waals surface area contributed by atoms with Crippen molar-refractivity contribution < 1.29 is 22.7 Å². The highest BCUT2D eigenvalue weighted by atomic mass is 19.4. The number of hydrogen-bond donors (Lipinski definition) is 1. The second kappa shape index (κ2) is 8.43. The number of amides is 1. The zero-order valence-electron chi connectivity index (χ0n) is 14.7. The van der Waals surface area contributed by atoms with E-state index in [4.69, 9.17) is 4.74 Å². The third-order valence-corrected chi connectivity index (χ3v) is 4.46. The van der Waals surface area contributed by atoms with Crippen LogP contribution in [0.2, 0.25) is 0 Å². The number of nitrogens with zero attached hydrogens (tertiary/aromatic N) is 1. The number of halogens is 3. The Balaban J connectivity index is 1.84. The van der Waals surface area contributed by atoms with Crippen LogP contribution in [0.25, 0.3) is 0 Å². The average molecular weight is 378 g/mol. The first-order valence-electron chi connectivity index (χ1n) is 8.84. The predicted octanol–water partition coefficient (Wildman–Crippen LogP) is 4.24. The standard InChI is InChI=1S/C20H21F3N2O2/c21-20(22,23)11-13-25(15-10-12-24-14-15)19(26)17-8-4-5-9-18(17)27-16-6-2-1-3-7-16/h1-9,15,24H,10-14H2/t15-/m0/s1. The fraction of sp³-hybridized carbons (Fsp3) is 0.350. The Morgan fingerprint density at radius 2 is 1.81 bits per heavy atom. The number of nitrogens with one attached hydrogen (secondary N) is 1. The molecule has 1 amide bonds. The normalized spacial score (nSPS) is 16.9. The van der Waals surface area contributed by atoms with Gasteiger partial charge in [0.1, 0.15) is 11.5 Å². The van der Waals surface area contributed by atoms with Gasteiger partial charge < -0.3 is 15.0 Å². The molecule has 1 saturated heterocycles. The summed E-state index contributed by atoms with van der Waals surface area (Å²) < 4.78 is 44.1. The molecule has 1 fully saturated rings. The molecular formula is C20H21F3N2O2. The van der Waals surface area contributed by atoms with Crippen molar-refractivity contribution >= 4 is 5.91 Å². The van der Waals surface area contributed by atoms with E-state index in [-0.39, 0.29) is 18.2 Å². The van der Waals surface area contributed by atoms with Gasteiger partial charge in [-0.2, -0.15) is 13.2 Å². The van der Waals surface area contributed by atoms with E-state index in [9.17, 15) is 18.0 Å². The van der Waals surface area contributed by atoms with Gasteiger partial charge in [-0.1, -0.05) is 30.3 Å². The number of ether oxygens (including phenoxy) is 1. The minimum Gasteiger partial charge on any atom is -0.457 e. The lowest BCUT2D eigenvalue weighted by Gasteiger charge is -2.29. The minimum absolute atomic E-state index is 0.260. The summed E-state index contributed by atoms with van der Waals surface area (Å²) in [7, 11) is 0. The molecular weight excluding hydrogens is 357 g/mol. The van der Waals surface area contributed by atoms with Crippen molar-refractivity contribution in [2.75, 3.05) is 19.6 Å². The largest absolute Gasteiger partial charge is 0.457 e. The lowest BCUT2D eigenvalue weighted by Crippen LogP contribution is -2.43. The van der Waals surface area contributed by atoms with Gasteiger partial charge in [-0.05, 0) is 37.2 Å². The Morgan fingerprint density at radius 3 is 2.48 bits per heavy atom. The second-order valence-corrected chi connectivity index (χ2v) is 6.42. The van der Waals surface area contributed by atoms with Crippen molar-refractivity contribution in [3.8, 4) is 11.5 Å². The summed E-state index contributed by atoms with van der Waals surface area (Å²) in [4.78, 5) is 14.4. The van der Waals surface area contributed by atoms with Gasteiger partial charge in [-0.25, -0.2) is 0 Å². The summed E-state index contributed by atoms with van der Waals surface area (Å²) in [6.07, 6.45) is -4.72. The number of carbonyl (C=O) groups is 1. The Morgan fingerprint density at radius 1 is 1.11 bits per heavy atom. The third kappa shape index (κ3) is 5.23. The van der Waals surface area contributed by atoms with Crippen LogP contribution in [-0.2, 0) is 0 Å². The van der Waals surface area contributed by atoms with E-state index in [0.29, 0.717) is 31.0 Å². The summed E-state index contributed by atoms with van der Waals surface area (Å²) in [5.74, 6) is 0.443. The molecule has 27 heavy (non-hydrogen) atoms. The maximum Gasteiger partial charge on any atom is 0.390 e. The first-order valence-corrected chi connectivity index (χ1v) is 8.84. The summed E-state index contributed by atoms with van der Waals surface area (Å²) in [5, 5.41) is 3.10. The fourth-order valence-corrected chi connectivity index (χ4v) is 3.11. The molecule has 0 radical (unpaired) electrons. The summed E-state index contributed by atoms with van der Waals surface area (Å²) in [6.45, 7) is 0.808. The Labute approximate surface area is 155 Å². The van der Waals surface area contributed by atoms with Gasteiger partial charge in [0.05, 0.1) is 12.0 Å². The number of para-hydroxylation sites is 2. The molecule has 1 atom stereocenters. The van der Waals surface area contributed by atoms with Gasteiger partial charge in [0.15, 0.2) is 0 Å². The van der Waals surface area contributed by atoms with Gasteiger partial charge in [-0.3, -0.25) is 4.79 Å². The number of rotatable bonds is 6. The Kier molecular flexibility index (Phi) is 6.01. The maximum atomic E-state index is 13.1. The highest BCUT2D eigenvalue weighted by Gasteiger charge is 2.34. The molecule has 1 aliphatic rings. The molecule has 4 nitrogen and oxygen atoms in total. The zero-order valence-corrected chi connectivity index (χ0v) is 14.7. The maximum absolute atomic E-state index is 13.1. The van der Waals surface area contributed by atoms with Crippen LogP contribution in [0.5, 0.6) is 11.5 Å². The first kappa shape index (κ1) is 19.2. The van der Waals surface area contributed by atoms with Gasteiger partial charge in [-0.15, -0.1) is 0 Å². The minimum atomic E-state index is -4.31. The van der Waals surface area contributed by atoms with E-state index in [1.165, 1.54) is 4.90 Å². The van der Waals surface area contributed by atoms with Crippen LogP contribution >= 0.6 is 0 Å². The van der Waals surface area contributed by atoms with Crippen LogP contribution in [0.15, 0.2) is 54.6 Å². The van der Waals surface area contributed by atoms with Crippen molar-refractivity contribution in [1.29, 1.82) is 0 Å². The van der Waals surface area contributed by atoms with Crippen LogP contribution in [0, 0.1) is 0 Å². The van der Waals surface area contributed by atoms with Crippen LogP contribution < -0.4 is 10.1 Å². The summed E-state index contributed by atoms with van der Waals surface area (Å²) in [6, 6.07) is 15.3. The highest BCUT2D eigenvalue weighted by Crippen LogP contribution is 2.28. The SMILES string of the molecule is O=C(c1ccccc1Oc1ccccc1)N(CCC(F)(F)F)[C@H]1CCNC1. The van der Waals surface area contributed by atoms with E-state index in [1.54, 1.807) is 48.5 Å². The van der Waals surface area contributed by atoms with Gasteiger partial charge >= 0.3 is 6.18 Å². The fourth-order valence-electron chi connectivity index (χ4n) is 3.11. The van der Waals surface area contributed by atoms with Crippen molar-refractivity contribution in [1.82, 2.24) is 10.2 Å². The van der Waals surface area contributed by atoms with Crippen molar-refractivity contribution in [3.63, 3.8) is 0 Å². The van der Waals surface area contributed by atoms with Gasteiger partial charge in [0.25, 0.3) is 5.91 Å². The summed E-state index contributed by atoms with van der Waals surface area (Å²) in [5.41, 5.74) is 0.260. The zero-order chi connectivity index (χ0) is 19.3. The molecule has 0 spiro atoms. The number of hydrogen-bond acceptors (Lipinski definition) is 3. The second-order valence-electron chi connectivity index (χ2n) is 6.42. The molecule has 7 heteroatoms. The molecule has 1 N–H and O–H groups in total. The molecule has 1 heterocycles. The highest BCUT2D eigenvalue weighted by molar-refractivity contribution is 5.97. The molecule has 0 aromatic heterocycles. The smallest absolute Gasteiger partial charge is 0.390 e. The van der Waals surface area contributed by atoms with Gasteiger partial charge in [0.2, 0.25) is 0 Å². The van der Waals surface area contributed by atoms with Crippen molar-refractivity contribution in [2.45, 2.75) is 25.1 Å². The Bertz CT molecular complexity index is 759. The van der Waals surface area contributed by atoms with Gasteiger partial charge in [0, 0.05) is 19.1 Å². The molecule has 0 aliphatic carbocycles. The quantitative estimate of drug-likeness (QED) is 0.818. The number of benzene rings is 2. The molecule has 144 valence electrons. The monoisotopic (exact) mass is 378 g/mol. The van der Waals surface area contributed by atoms with Crippen LogP contribution in [0.4, 0.5) is 13.2 Å². The molecule has 1 aliphatic heterocycles. The van der Waals surface area contributed by atoms with Crippen molar-refractivity contribution in [2.24, 2.45) is 0 Å². The molecule has 3 rings (SSSR count). The number of alkyl halides is 3. The summed E-state index contributed by atoms with van der Waals surface area (Å²) >= 11 is 0. The molecule has 0 unspecified atom stereocenters. The van der Waals surface area contributed by atoms with Crippen LogP contribution in [-0.4, -0.2) is 42.7 Å². The van der Waals surface area contributed by atoms with E-state index >= 15 is 0 Å². The van der Waals surface area contributed by atoms with E-state index < -0.39 is 18.5 Å². The number of carbonyl (C=O) groups excluding carboxylic acids is 1. The molecule has 2 aromatic carbocycles. The van der Waals surface area contributed by atoms with E-state index in [0.717, 1.165) is 0 Å². The van der Waals surface area contributed by atoms with E-state index in [2.05, 4.69) is 5.32 Å². The van der Waals surface area contributed by atoms with Crippen molar-refractivity contribution in [3.05, 3.63) is 60.2 Å². The van der Waals surface area contributed by atoms with E-state index in [1.807, 2.05) is 6.07 Å².